The highest BCUT2D eigenvalue weighted by Gasteiger charge is 2.20. The summed E-state index contributed by atoms with van der Waals surface area (Å²) in [4.78, 5) is 16.6. The van der Waals surface area contributed by atoms with Crippen molar-refractivity contribution in [3.8, 4) is 0 Å². The fraction of sp³-hybridized carbons (Fsp3) is 0.556. The van der Waals surface area contributed by atoms with Crippen molar-refractivity contribution in [3.63, 3.8) is 0 Å². The molecule has 5 nitrogen and oxygen atoms in total. The molecule has 1 aliphatic carbocycles. The molecule has 0 bridgehead atoms. The van der Waals surface area contributed by atoms with Crippen molar-refractivity contribution in [1.29, 1.82) is 0 Å². The second-order valence-corrected chi connectivity index (χ2v) is 4.62. The third-order valence-corrected chi connectivity index (χ3v) is 3.57. The Morgan fingerprint density at radius 3 is 3.00 bits per heavy atom. The normalized spacial score (nSPS) is 17.6. The summed E-state index contributed by atoms with van der Waals surface area (Å²) in [5, 5.41) is 8.00. The lowest BCUT2D eigenvalue weighted by Gasteiger charge is -2.09. The molecule has 15 heavy (non-hydrogen) atoms. The zero-order valence-electron chi connectivity index (χ0n) is 8.09. The van der Waals surface area contributed by atoms with Gasteiger partial charge in [0.2, 0.25) is 0 Å². The number of hydrogen-bond acceptors (Lipinski definition) is 5. The van der Waals surface area contributed by atoms with Crippen molar-refractivity contribution in [1.82, 2.24) is 20.0 Å². The predicted molar refractivity (Wildman–Crippen MR) is 57.0 cm³/mol. The largest absolute Gasteiger partial charge is 0.297 e. The summed E-state index contributed by atoms with van der Waals surface area (Å²) in [7, 11) is 0. The molecule has 0 unspecified atom stereocenters. The Kier molecular flexibility index (Phi) is 2.02. The number of nitrogens with zero attached hydrogens (tertiary/aromatic N) is 4. The number of thiazole rings is 1. The summed E-state index contributed by atoms with van der Waals surface area (Å²) < 4.78 is 1.51. The number of hydrogen-bond donors (Lipinski definition) is 0. The van der Waals surface area contributed by atoms with Gasteiger partial charge < -0.3 is 0 Å². The molecule has 2 aromatic heterocycles. The Balaban J connectivity index is 2.18. The van der Waals surface area contributed by atoms with Gasteiger partial charge in [0.05, 0.1) is 11.6 Å². The molecule has 0 spiro atoms. The zero-order chi connectivity index (χ0) is 10.3. The minimum Gasteiger partial charge on any atom is -0.265 e. The third-order valence-electron chi connectivity index (χ3n) is 2.86. The standard InChI is InChI=1S/C9H10N4OS/c14-9-7-8(15-5-10-7)11-12-13(9)6-3-1-2-4-6/h5-6H,1-4H2. The molecular weight excluding hydrogens is 212 g/mol. The summed E-state index contributed by atoms with van der Waals surface area (Å²) in [5.74, 6) is 0. The summed E-state index contributed by atoms with van der Waals surface area (Å²) in [6.45, 7) is 0. The third kappa shape index (κ3) is 1.36. The molecule has 0 saturated heterocycles. The van der Waals surface area contributed by atoms with Crippen molar-refractivity contribution in [2.75, 3.05) is 0 Å². The van der Waals surface area contributed by atoms with Gasteiger partial charge in [-0.25, -0.2) is 9.67 Å². The van der Waals surface area contributed by atoms with Gasteiger partial charge in [-0.05, 0) is 12.8 Å². The lowest BCUT2D eigenvalue weighted by Crippen LogP contribution is -2.27. The molecule has 78 valence electrons. The summed E-state index contributed by atoms with van der Waals surface area (Å²) in [6, 6.07) is 0.232. The Labute approximate surface area is 89.8 Å². The first-order valence-electron chi connectivity index (χ1n) is 5.05. The van der Waals surface area contributed by atoms with Gasteiger partial charge in [-0.1, -0.05) is 18.1 Å². The second kappa shape index (κ2) is 3.37. The SMILES string of the molecule is O=c1c2ncsc2nnn1C1CCCC1. The van der Waals surface area contributed by atoms with E-state index in [9.17, 15) is 4.79 Å². The van der Waals surface area contributed by atoms with Gasteiger partial charge in [-0.3, -0.25) is 4.79 Å². The fourth-order valence-electron chi connectivity index (χ4n) is 2.08. The van der Waals surface area contributed by atoms with Gasteiger partial charge in [0, 0.05) is 0 Å². The van der Waals surface area contributed by atoms with Gasteiger partial charge in [-0.2, -0.15) is 0 Å². The maximum Gasteiger partial charge on any atom is 0.297 e. The van der Waals surface area contributed by atoms with E-state index in [2.05, 4.69) is 15.3 Å². The Bertz CT molecular complexity index is 540. The van der Waals surface area contributed by atoms with E-state index < -0.39 is 0 Å². The van der Waals surface area contributed by atoms with Crippen LogP contribution in [-0.4, -0.2) is 20.0 Å². The van der Waals surface area contributed by atoms with Crippen LogP contribution in [0.3, 0.4) is 0 Å². The van der Waals surface area contributed by atoms with Crippen LogP contribution in [-0.2, 0) is 0 Å². The Hall–Kier alpha value is -1.30. The molecule has 2 heterocycles. The van der Waals surface area contributed by atoms with Crippen LogP contribution in [0.2, 0.25) is 0 Å². The first-order valence-corrected chi connectivity index (χ1v) is 5.93. The molecule has 1 aliphatic rings. The molecule has 0 radical (unpaired) electrons. The molecule has 3 rings (SSSR count). The minimum atomic E-state index is -0.0897. The first kappa shape index (κ1) is 8.96. The molecule has 0 aliphatic heterocycles. The smallest absolute Gasteiger partial charge is 0.265 e. The molecule has 0 aromatic carbocycles. The number of fused-ring (bicyclic) bond motifs is 1. The molecule has 1 fully saturated rings. The van der Waals surface area contributed by atoms with Crippen molar-refractivity contribution in [2.45, 2.75) is 31.7 Å². The molecule has 0 N–H and O–H groups in total. The van der Waals surface area contributed by atoms with Crippen molar-refractivity contribution in [3.05, 3.63) is 15.9 Å². The molecule has 2 aromatic rings. The molecule has 0 amide bonds. The van der Waals surface area contributed by atoms with Crippen molar-refractivity contribution in [2.24, 2.45) is 0 Å². The quantitative estimate of drug-likeness (QED) is 0.731. The fourth-order valence-corrected chi connectivity index (χ4v) is 2.68. The molecule has 0 atom stereocenters. The van der Waals surface area contributed by atoms with Crippen LogP contribution in [0.25, 0.3) is 10.3 Å². The van der Waals surface area contributed by atoms with E-state index in [1.165, 1.54) is 28.9 Å². The predicted octanol–water partition coefficient (Wildman–Crippen LogP) is 1.36. The maximum absolute atomic E-state index is 12.0. The Morgan fingerprint density at radius 1 is 1.40 bits per heavy atom. The van der Waals surface area contributed by atoms with Gasteiger partial charge >= 0.3 is 0 Å². The van der Waals surface area contributed by atoms with E-state index in [0.29, 0.717) is 10.3 Å². The van der Waals surface area contributed by atoms with Crippen LogP contribution in [0.5, 0.6) is 0 Å². The van der Waals surface area contributed by atoms with E-state index in [0.717, 1.165) is 12.8 Å². The molecule has 1 saturated carbocycles. The maximum atomic E-state index is 12.0. The van der Waals surface area contributed by atoms with Crippen LogP contribution < -0.4 is 5.56 Å². The van der Waals surface area contributed by atoms with E-state index in [4.69, 9.17) is 0 Å². The van der Waals surface area contributed by atoms with Crippen molar-refractivity contribution >= 4 is 21.7 Å². The Morgan fingerprint density at radius 2 is 2.20 bits per heavy atom. The van der Waals surface area contributed by atoms with Crippen LogP contribution in [0.1, 0.15) is 31.7 Å². The van der Waals surface area contributed by atoms with Gasteiger partial charge in [0.25, 0.3) is 5.56 Å². The topological polar surface area (TPSA) is 60.7 Å². The average molecular weight is 222 g/mol. The van der Waals surface area contributed by atoms with Crippen LogP contribution in [0.4, 0.5) is 0 Å². The highest BCUT2D eigenvalue weighted by atomic mass is 32.1. The first-order chi connectivity index (χ1) is 7.36. The van der Waals surface area contributed by atoms with E-state index in [1.54, 1.807) is 5.51 Å². The molecule has 6 heteroatoms. The van der Waals surface area contributed by atoms with E-state index in [-0.39, 0.29) is 11.6 Å². The monoisotopic (exact) mass is 222 g/mol. The summed E-state index contributed by atoms with van der Waals surface area (Å²) >= 11 is 1.35. The second-order valence-electron chi connectivity index (χ2n) is 3.78. The summed E-state index contributed by atoms with van der Waals surface area (Å²) in [5.41, 5.74) is 2.01. The van der Waals surface area contributed by atoms with E-state index >= 15 is 0 Å². The van der Waals surface area contributed by atoms with Gasteiger partial charge in [0.1, 0.15) is 0 Å². The highest BCUT2D eigenvalue weighted by Crippen LogP contribution is 2.27. The number of aromatic nitrogens is 4. The van der Waals surface area contributed by atoms with Crippen LogP contribution >= 0.6 is 11.3 Å². The van der Waals surface area contributed by atoms with Crippen LogP contribution in [0.15, 0.2) is 10.3 Å². The lowest BCUT2D eigenvalue weighted by molar-refractivity contribution is 0.428. The van der Waals surface area contributed by atoms with Crippen molar-refractivity contribution < 1.29 is 0 Å². The number of rotatable bonds is 1. The van der Waals surface area contributed by atoms with E-state index in [1.807, 2.05) is 0 Å². The lowest BCUT2D eigenvalue weighted by atomic mass is 10.2. The molecular formula is C9H10N4OS. The van der Waals surface area contributed by atoms with Crippen LogP contribution in [0, 0.1) is 0 Å². The zero-order valence-corrected chi connectivity index (χ0v) is 8.90. The van der Waals surface area contributed by atoms with Gasteiger partial charge in [-0.15, -0.1) is 16.4 Å². The highest BCUT2D eigenvalue weighted by molar-refractivity contribution is 7.16. The summed E-state index contributed by atoms with van der Waals surface area (Å²) in [6.07, 6.45) is 4.41. The van der Waals surface area contributed by atoms with Gasteiger partial charge in [0.15, 0.2) is 10.3 Å². The minimum absolute atomic E-state index is 0.0897. The average Bonchev–Trinajstić information content (AvgIpc) is 2.87.